The molecule has 106 valence electrons. The zero-order chi connectivity index (χ0) is 15.0. The Labute approximate surface area is 120 Å². The number of carbonyl (C=O) groups excluding carboxylic acids is 1. The highest BCUT2D eigenvalue weighted by Gasteiger charge is 2.31. The van der Waals surface area contributed by atoms with Crippen molar-refractivity contribution in [1.29, 1.82) is 0 Å². The minimum atomic E-state index is -0.431. The van der Waals surface area contributed by atoms with Gasteiger partial charge in [-0.1, -0.05) is 12.1 Å². The van der Waals surface area contributed by atoms with Crippen molar-refractivity contribution in [1.82, 2.24) is 0 Å². The Bertz CT molecular complexity index is 744. The van der Waals surface area contributed by atoms with Gasteiger partial charge in [0.05, 0.1) is 12.7 Å². The van der Waals surface area contributed by atoms with E-state index in [1.807, 2.05) is 0 Å². The van der Waals surface area contributed by atoms with E-state index in [-0.39, 0.29) is 28.6 Å². The van der Waals surface area contributed by atoms with Gasteiger partial charge in [0.15, 0.2) is 17.3 Å². The average Bonchev–Trinajstić information content (AvgIpc) is 2.81. The molecule has 2 N–H and O–H groups in total. The Morgan fingerprint density at radius 3 is 2.48 bits per heavy atom. The SMILES string of the molecule is COc1ccc(/C=C2\Oc3c(ccc(O)c3O)C2=O)cc1. The van der Waals surface area contributed by atoms with Crippen LogP contribution in [0.4, 0.5) is 0 Å². The van der Waals surface area contributed by atoms with Crippen LogP contribution in [-0.4, -0.2) is 23.1 Å². The van der Waals surface area contributed by atoms with Gasteiger partial charge < -0.3 is 19.7 Å². The van der Waals surface area contributed by atoms with Gasteiger partial charge in [0.1, 0.15) is 5.75 Å². The number of phenolic OH excluding ortho intramolecular Hbond substituents is 2. The van der Waals surface area contributed by atoms with Crippen LogP contribution < -0.4 is 9.47 Å². The van der Waals surface area contributed by atoms with E-state index in [4.69, 9.17) is 9.47 Å². The van der Waals surface area contributed by atoms with E-state index in [0.29, 0.717) is 5.75 Å². The van der Waals surface area contributed by atoms with E-state index in [1.165, 1.54) is 12.1 Å². The van der Waals surface area contributed by atoms with E-state index in [1.54, 1.807) is 37.5 Å². The largest absolute Gasteiger partial charge is 0.504 e. The number of ketones is 1. The number of hydrogen-bond acceptors (Lipinski definition) is 5. The molecule has 1 heterocycles. The second kappa shape index (κ2) is 4.86. The standard InChI is InChI=1S/C16H12O5/c1-20-10-4-2-9(3-5-10)8-13-14(18)11-6-7-12(17)15(19)16(11)21-13/h2-8,17,19H,1H3/b13-8-. The maximum absolute atomic E-state index is 12.2. The molecule has 0 fully saturated rings. The summed E-state index contributed by atoms with van der Waals surface area (Å²) in [4.78, 5) is 12.2. The third-order valence-corrected chi connectivity index (χ3v) is 3.20. The predicted molar refractivity (Wildman–Crippen MR) is 75.7 cm³/mol. The molecule has 1 aliphatic rings. The number of ether oxygens (including phenoxy) is 2. The van der Waals surface area contributed by atoms with Crippen molar-refractivity contribution in [3.63, 3.8) is 0 Å². The first kappa shape index (κ1) is 13.1. The lowest BCUT2D eigenvalue weighted by atomic mass is 10.1. The highest BCUT2D eigenvalue weighted by atomic mass is 16.5. The van der Waals surface area contributed by atoms with Gasteiger partial charge in [0.2, 0.25) is 11.5 Å². The number of phenols is 2. The summed E-state index contributed by atoms with van der Waals surface area (Å²) in [5.41, 5.74) is 0.987. The fraction of sp³-hybridized carbons (Fsp3) is 0.0625. The molecule has 0 radical (unpaired) electrons. The van der Waals surface area contributed by atoms with Crippen molar-refractivity contribution >= 4 is 11.9 Å². The minimum absolute atomic E-state index is 0.0141. The number of fused-ring (bicyclic) bond motifs is 1. The number of aromatic hydroxyl groups is 2. The Hall–Kier alpha value is -2.95. The maximum Gasteiger partial charge on any atom is 0.232 e. The number of carbonyl (C=O) groups is 1. The summed E-state index contributed by atoms with van der Waals surface area (Å²) in [6.45, 7) is 0. The van der Waals surface area contributed by atoms with Crippen LogP contribution in [0, 0.1) is 0 Å². The lowest BCUT2D eigenvalue weighted by molar-refractivity contribution is 0.101. The van der Waals surface area contributed by atoms with E-state index in [2.05, 4.69) is 0 Å². The van der Waals surface area contributed by atoms with Crippen molar-refractivity contribution in [2.45, 2.75) is 0 Å². The van der Waals surface area contributed by atoms with Gasteiger partial charge >= 0.3 is 0 Å². The Kier molecular flexibility index (Phi) is 3.02. The number of methoxy groups -OCH3 is 1. The highest BCUT2D eigenvalue weighted by Crippen LogP contribution is 2.44. The quantitative estimate of drug-likeness (QED) is 0.655. The van der Waals surface area contributed by atoms with Crippen molar-refractivity contribution in [3.8, 4) is 23.0 Å². The van der Waals surface area contributed by atoms with Crippen LogP contribution in [0.25, 0.3) is 6.08 Å². The number of allylic oxidation sites excluding steroid dienone is 1. The summed E-state index contributed by atoms with van der Waals surface area (Å²) in [7, 11) is 1.57. The van der Waals surface area contributed by atoms with E-state index < -0.39 is 5.75 Å². The monoisotopic (exact) mass is 284 g/mol. The molecule has 5 nitrogen and oxygen atoms in total. The molecule has 2 aromatic rings. The molecule has 0 spiro atoms. The molecule has 0 saturated heterocycles. The highest BCUT2D eigenvalue weighted by molar-refractivity contribution is 6.15. The summed E-state index contributed by atoms with van der Waals surface area (Å²) >= 11 is 0. The first-order valence-electron chi connectivity index (χ1n) is 6.23. The van der Waals surface area contributed by atoms with Crippen molar-refractivity contribution < 1.29 is 24.5 Å². The van der Waals surface area contributed by atoms with Crippen molar-refractivity contribution in [2.75, 3.05) is 7.11 Å². The molecule has 0 amide bonds. The molecule has 0 atom stereocenters. The van der Waals surface area contributed by atoms with Crippen LogP contribution in [0.3, 0.4) is 0 Å². The number of rotatable bonds is 2. The third-order valence-electron chi connectivity index (χ3n) is 3.20. The van der Waals surface area contributed by atoms with Gasteiger partial charge in [0.25, 0.3) is 0 Å². The molecule has 1 aliphatic heterocycles. The zero-order valence-corrected chi connectivity index (χ0v) is 11.2. The van der Waals surface area contributed by atoms with Gasteiger partial charge in [-0.2, -0.15) is 0 Å². The number of benzene rings is 2. The molecule has 0 saturated carbocycles. The smallest absolute Gasteiger partial charge is 0.232 e. The molecule has 5 heteroatoms. The van der Waals surface area contributed by atoms with E-state index in [0.717, 1.165) is 5.56 Å². The van der Waals surface area contributed by atoms with E-state index in [9.17, 15) is 15.0 Å². The Morgan fingerprint density at radius 2 is 1.81 bits per heavy atom. The van der Waals surface area contributed by atoms with Crippen LogP contribution in [0.5, 0.6) is 23.0 Å². The third kappa shape index (κ3) is 2.18. The minimum Gasteiger partial charge on any atom is -0.504 e. The molecule has 0 aromatic heterocycles. The predicted octanol–water partition coefficient (Wildman–Crippen LogP) is 2.72. The summed E-state index contributed by atoms with van der Waals surface area (Å²) < 4.78 is 10.4. The molecule has 3 rings (SSSR count). The molecule has 2 aromatic carbocycles. The normalized spacial score (nSPS) is 14.9. The van der Waals surface area contributed by atoms with Gasteiger partial charge in [-0.25, -0.2) is 0 Å². The summed E-state index contributed by atoms with van der Waals surface area (Å²) in [6, 6.07) is 9.77. The topological polar surface area (TPSA) is 76.0 Å². The molecule has 0 bridgehead atoms. The summed E-state index contributed by atoms with van der Waals surface area (Å²) in [6.07, 6.45) is 1.57. The van der Waals surface area contributed by atoms with Crippen LogP contribution >= 0.6 is 0 Å². The van der Waals surface area contributed by atoms with Crippen LogP contribution in [0.1, 0.15) is 15.9 Å². The van der Waals surface area contributed by atoms with Gasteiger partial charge in [-0.3, -0.25) is 4.79 Å². The molecular weight excluding hydrogens is 272 g/mol. The molecule has 0 unspecified atom stereocenters. The molecular formula is C16H12O5. The summed E-state index contributed by atoms with van der Waals surface area (Å²) in [5.74, 6) is -0.306. The second-order valence-corrected chi connectivity index (χ2v) is 4.52. The number of Topliss-reactive ketones (excluding diaryl/α,β-unsaturated/α-hetero) is 1. The van der Waals surface area contributed by atoms with Crippen molar-refractivity contribution in [3.05, 3.63) is 53.3 Å². The van der Waals surface area contributed by atoms with Crippen LogP contribution in [-0.2, 0) is 0 Å². The lowest BCUT2D eigenvalue weighted by Crippen LogP contribution is -1.97. The van der Waals surface area contributed by atoms with Crippen LogP contribution in [0.2, 0.25) is 0 Å². The van der Waals surface area contributed by atoms with E-state index >= 15 is 0 Å². The first-order chi connectivity index (χ1) is 10.1. The first-order valence-corrected chi connectivity index (χ1v) is 6.23. The average molecular weight is 284 g/mol. The Balaban J connectivity index is 1.96. The Morgan fingerprint density at radius 1 is 1.10 bits per heavy atom. The number of hydrogen-bond donors (Lipinski definition) is 2. The fourth-order valence-corrected chi connectivity index (χ4v) is 2.08. The molecule has 21 heavy (non-hydrogen) atoms. The molecule has 0 aliphatic carbocycles. The second-order valence-electron chi connectivity index (χ2n) is 4.52. The lowest BCUT2D eigenvalue weighted by Gasteiger charge is -2.03. The van der Waals surface area contributed by atoms with Gasteiger partial charge in [-0.05, 0) is 35.9 Å². The van der Waals surface area contributed by atoms with Gasteiger partial charge in [-0.15, -0.1) is 0 Å². The van der Waals surface area contributed by atoms with Crippen LogP contribution in [0.15, 0.2) is 42.2 Å². The van der Waals surface area contributed by atoms with Gasteiger partial charge in [0, 0.05) is 0 Å². The fourth-order valence-electron chi connectivity index (χ4n) is 2.08. The maximum atomic E-state index is 12.2. The summed E-state index contributed by atoms with van der Waals surface area (Å²) in [5, 5.41) is 19.1. The zero-order valence-electron chi connectivity index (χ0n) is 11.2. The van der Waals surface area contributed by atoms with Crippen molar-refractivity contribution in [2.24, 2.45) is 0 Å².